The first-order valence-electron chi connectivity index (χ1n) is 9.18. The minimum Gasteiger partial charge on any atom is -0.441 e. The van der Waals surface area contributed by atoms with E-state index < -0.39 is 0 Å². The van der Waals surface area contributed by atoms with Gasteiger partial charge < -0.3 is 14.8 Å². The number of nitrogens with zero attached hydrogens (tertiary/aromatic N) is 2. The summed E-state index contributed by atoms with van der Waals surface area (Å²) >= 11 is 0. The maximum Gasteiger partial charge on any atom is 0.414 e. The van der Waals surface area contributed by atoms with Crippen LogP contribution in [0, 0.1) is 5.82 Å². The third-order valence-corrected chi connectivity index (χ3v) is 4.82. The fraction of sp³-hybridized carbons (Fsp3) is 0.400. The third kappa shape index (κ3) is 3.88. The number of nitrogens with one attached hydrogen (secondary N) is 1. The third-order valence-electron chi connectivity index (χ3n) is 4.82. The summed E-state index contributed by atoms with van der Waals surface area (Å²) in [5, 5.41) is 3.32. The predicted molar refractivity (Wildman–Crippen MR) is 99.4 cm³/mol. The van der Waals surface area contributed by atoms with Gasteiger partial charge >= 0.3 is 6.09 Å². The number of carbonyl (C=O) groups excluding carboxylic acids is 1. The number of pyridine rings is 1. The van der Waals surface area contributed by atoms with Gasteiger partial charge in [0.1, 0.15) is 5.82 Å². The number of hydrogen-bond donors (Lipinski definition) is 1. The number of aryl methyl sites for hydroxylation is 1. The molecule has 0 radical (unpaired) electrons. The van der Waals surface area contributed by atoms with E-state index in [2.05, 4.69) is 5.32 Å². The molecule has 1 unspecified atom stereocenters. The van der Waals surface area contributed by atoms with E-state index in [1.807, 2.05) is 19.1 Å². The number of carbonyl (C=O) groups is 1. The van der Waals surface area contributed by atoms with Crippen LogP contribution in [0.5, 0.6) is 0 Å². The summed E-state index contributed by atoms with van der Waals surface area (Å²) in [5.74, 6) is -0.263. The Morgan fingerprint density at radius 2 is 2.07 bits per heavy atom. The Kier molecular flexibility index (Phi) is 4.94. The molecule has 2 aliphatic heterocycles. The number of hydrogen-bond acceptors (Lipinski definition) is 5. The monoisotopic (exact) mass is 371 g/mol. The molecule has 3 heterocycles. The van der Waals surface area contributed by atoms with Crippen LogP contribution in [0.3, 0.4) is 0 Å². The fourth-order valence-electron chi connectivity index (χ4n) is 3.25. The van der Waals surface area contributed by atoms with E-state index in [1.54, 1.807) is 17.0 Å². The number of halogens is 1. The van der Waals surface area contributed by atoms with Gasteiger partial charge in [-0.2, -0.15) is 0 Å². The molecule has 1 aromatic heterocycles. The summed E-state index contributed by atoms with van der Waals surface area (Å²) in [4.78, 5) is 18.8. The molecular formula is C20H22FN3O3. The van der Waals surface area contributed by atoms with Crippen molar-refractivity contribution in [1.82, 2.24) is 4.98 Å². The molecule has 4 rings (SSSR count). The molecule has 0 bridgehead atoms. The van der Waals surface area contributed by atoms with Gasteiger partial charge in [0.2, 0.25) is 0 Å². The second-order valence-corrected chi connectivity index (χ2v) is 6.87. The molecule has 1 saturated heterocycles. The average molecular weight is 371 g/mol. The van der Waals surface area contributed by atoms with E-state index in [0.717, 1.165) is 35.6 Å². The molecule has 1 atom stereocenters. The molecule has 2 aliphatic rings. The van der Waals surface area contributed by atoms with Gasteiger partial charge in [-0.15, -0.1) is 0 Å². The van der Waals surface area contributed by atoms with E-state index in [0.29, 0.717) is 19.8 Å². The summed E-state index contributed by atoms with van der Waals surface area (Å²) in [5.41, 5.74) is 3.41. The van der Waals surface area contributed by atoms with Gasteiger partial charge in [0.05, 0.1) is 36.3 Å². The Hall–Kier alpha value is -2.67. The molecule has 142 valence electrons. The molecule has 1 fully saturated rings. The minimum absolute atomic E-state index is 0.0461. The number of fused-ring (bicyclic) bond motifs is 1. The van der Waals surface area contributed by atoms with E-state index in [9.17, 15) is 9.18 Å². The van der Waals surface area contributed by atoms with Crippen molar-refractivity contribution in [3.63, 3.8) is 0 Å². The standard InChI is InChI=1S/C20H22FN3O3/c1-13(22-15-6-4-14(21)5-7-15)17-8-9-19-18(23-17)3-2-10-24(19)20(25)27-16-11-26-12-16/h4-9,13,16,22H,2-3,10-12H2,1H3. The summed E-state index contributed by atoms with van der Waals surface area (Å²) in [6.45, 7) is 3.57. The van der Waals surface area contributed by atoms with Gasteiger partial charge in [-0.3, -0.25) is 9.88 Å². The molecule has 0 spiro atoms. The van der Waals surface area contributed by atoms with E-state index >= 15 is 0 Å². The van der Waals surface area contributed by atoms with Gasteiger partial charge in [-0.25, -0.2) is 9.18 Å². The van der Waals surface area contributed by atoms with Gasteiger partial charge in [0, 0.05) is 12.2 Å². The summed E-state index contributed by atoms with van der Waals surface area (Å²) in [7, 11) is 0. The summed E-state index contributed by atoms with van der Waals surface area (Å²) in [6, 6.07) is 10.0. The highest BCUT2D eigenvalue weighted by molar-refractivity contribution is 5.89. The first-order valence-corrected chi connectivity index (χ1v) is 9.18. The van der Waals surface area contributed by atoms with Crippen molar-refractivity contribution in [2.24, 2.45) is 0 Å². The van der Waals surface area contributed by atoms with Crippen LogP contribution < -0.4 is 10.2 Å². The zero-order valence-electron chi connectivity index (χ0n) is 15.2. The summed E-state index contributed by atoms with van der Waals surface area (Å²) in [6.07, 6.45) is 1.19. The SMILES string of the molecule is CC(Nc1ccc(F)cc1)c1ccc2c(n1)CCCN2C(=O)OC1COC1. The molecule has 7 heteroatoms. The predicted octanol–water partition coefficient (Wildman–Crippen LogP) is 3.68. The molecule has 1 N–H and O–H groups in total. The molecule has 6 nitrogen and oxygen atoms in total. The van der Waals surface area contributed by atoms with Gasteiger partial charge in [0.15, 0.2) is 6.10 Å². The fourth-order valence-corrected chi connectivity index (χ4v) is 3.25. The van der Waals surface area contributed by atoms with E-state index in [1.165, 1.54) is 12.1 Å². The van der Waals surface area contributed by atoms with Crippen LogP contribution in [-0.4, -0.2) is 36.9 Å². The maximum atomic E-state index is 13.1. The number of aromatic nitrogens is 1. The Morgan fingerprint density at radius 3 is 2.78 bits per heavy atom. The van der Waals surface area contributed by atoms with Crippen LogP contribution in [0.1, 0.15) is 30.8 Å². The lowest BCUT2D eigenvalue weighted by Crippen LogP contribution is -2.44. The lowest BCUT2D eigenvalue weighted by molar-refractivity contribution is -0.0965. The highest BCUT2D eigenvalue weighted by Crippen LogP contribution is 2.29. The lowest BCUT2D eigenvalue weighted by Gasteiger charge is -2.32. The van der Waals surface area contributed by atoms with Crippen molar-refractivity contribution in [3.05, 3.63) is 53.6 Å². The highest BCUT2D eigenvalue weighted by atomic mass is 19.1. The zero-order valence-corrected chi connectivity index (χ0v) is 15.2. The van der Waals surface area contributed by atoms with Crippen LogP contribution in [0.25, 0.3) is 0 Å². The maximum absolute atomic E-state index is 13.1. The topological polar surface area (TPSA) is 63.7 Å². The molecule has 0 saturated carbocycles. The normalized spacial score (nSPS) is 17.6. The van der Waals surface area contributed by atoms with Crippen molar-refractivity contribution in [2.75, 3.05) is 30.0 Å². The lowest BCUT2D eigenvalue weighted by atomic mass is 10.1. The summed E-state index contributed by atoms with van der Waals surface area (Å²) < 4.78 is 23.5. The quantitative estimate of drug-likeness (QED) is 0.888. The van der Waals surface area contributed by atoms with E-state index in [-0.39, 0.29) is 24.1 Å². The number of rotatable bonds is 4. The number of benzene rings is 1. The van der Waals surface area contributed by atoms with Crippen molar-refractivity contribution in [2.45, 2.75) is 31.9 Å². The molecular weight excluding hydrogens is 349 g/mol. The van der Waals surface area contributed by atoms with Crippen molar-refractivity contribution in [3.8, 4) is 0 Å². The molecule has 0 aliphatic carbocycles. The Bertz CT molecular complexity index is 824. The molecule has 2 aromatic rings. The van der Waals surface area contributed by atoms with Gasteiger partial charge in [-0.05, 0) is 56.2 Å². The largest absolute Gasteiger partial charge is 0.441 e. The number of amides is 1. The average Bonchev–Trinajstić information content (AvgIpc) is 2.65. The first kappa shape index (κ1) is 17.7. The van der Waals surface area contributed by atoms with Gasteiger partial charge in [-0.1, -0.05) is 0 Å². The molecule has 1 amide bonds. The van der Waals surface area contributed by atoms with Crippen LogP contribution >= 0.6 is 0 Å². The van der Waals surface area contributed by atoms with Crippen LogP contribution in [0.15, 0.2) is 36.4 Å². The van der Waals surface area contributed by atoms with Crippen molar-refractivity contribution < 1.29 is 18.7 Å². The smallest absolute Gasteiger partial charge is 0.414 e. The van der Waals surface area contributed by atoms with Crippen LogP contribution in [-0.2, 0) is 15.9 Å². The second-order valence-electron chi connectivity index (χ2n) is 6.87. The Morgan fingerprint density at radius 1 is 1.30 bits per heavy atom. The van der Waals surface area contributed by atoms with Crippen molar-refractivity contribution >= 4 is 17.5 Å². The Labute approximate surface area is 157 Å². The van der Waals surface area contributed by atoms with Crippen LogP contribution in [0.4, 0.5) is 20.6 Å². The van der Waals surface area contributed by atoms with Crippen molar-refractivity contribution in [1.29, 1.82) is 0 Å². The zero-order chi connectivity index (χ0) is 18.8. The highest BCUT2D eigenvalue weighted by Gasteiger charge is 2.30. The first-order chi connectivity index (χ1) is 13.1. The number of ether oxygens (including phenoxy) is 2. The minimum atomic E-state index is -0.337. The second kappa shape index (κ2) is 7.52. The Balaban J connectivity index is 1.48. The van der Waals surface area contributed by atoms with Gasteiger partial charge in [0.25, 0.3) is 0 Å². The number of anilines is 2. The van der Waals surface area contributed by atoms with Crippen LogP contribution in [0.2, 0.25) is 0 Å². The van der Waals surface area contributed by atoms with E-state index in [4.69, 9.17) is 14.5 Å². The molecule has 1 aromatic carbocycles. The molecule has 27 heavy (non-hydrogen) atoms.